The minimum atomic E-state index is -1.96. The lowest BCUT2D eigenvalue weighted by molar-refractivity contribution is -0.0374. The molecule has 130 valence electrons. The summed E-state index contributed by atoms with van der Waals surface area (Å²) in [5.74, 6) is 0. The predicted molar refractivity (Wildman–Crippen MR) is 83.1 cm³/mol. The van der Waals surface area contributed by atoms with Crippen molar-refractivity contribution >= 4 is 11.4 Å². The third-order valence-corrected chi connectivity index (χ3v) is 6.24. The van der Waals surface area contributed by atoms with Gasteiger partial charge in [0.15, 0.2) is 0 Å². The van der Waals surface area contributed by atoms with E-state index < -0.39 is 34.9 Å². The van der Waals surface area contributed by atoms with E-state index in [1.165, 1.54) is 0 Å². The predicted octanol–water partition coefficient (Wildman–Crippen LogP) is 4.72. The SMILES string of the molecule is CCC1(OS(=O)OC2(CC)CCCC(F)C2)CCCC(F)C1. The third kappa shape index (κ3) is 4.48. The maximum Gasteiger partial charge on any atom is 0.305 e. The fourth-order valence-corrected chi connectivity index (χ4v) is 4.87. The van der Waals surface area contributed by atoms with Crippen molar-refractivity contribution in [3.8, 4) is 0 Å². The second-order valence-corrected chi connectivity index (χ2v) is 7.57. The lowest BCUT2D eigenvalue weighted by Crippen LogP contribution is -2.43. The first-order chi connectivity index (χ1) is 10.4. The van der Waals surface area contributed by atoms with Gasteiger partial charge in [0.05, 0.1) is 11.2 Å². The van der Waals surface area contributed by atoms with Crippen LogP contribution in [0.5, 0.6) is 0 Å². The van der Waals surface area contributed by atoms with Crippen LogP contribution in [0.25, 0.3) is 0 Å². The Morgan fingerprint density at radius 3 is 1.68 bits per heavy atom. The van der Waals surface area contributed by atoms with Crippen molar-refractivity contribution in [2.75, 3.05) is 0 Å². The number of hydrogen-bond donors (Lipinski definition) is 0. The van der Waals surface area contributed by atoms with Crippen LogP contribution >= 0.6 is 0 Å². The lowest BCUT2D eigenvalue weighted by atomic mass is 9.82. The van der Waals surface area contributed by atoms with Crippen LogP contribution in [0.15, 0.2) is 0 Å². The Labute approximate surface area is 135 Å². The van der Waals surface area contributed by atoms with Crippen LogP contribution in [0, 0.1) is 0 Å². The fourth-order valence-electron chi connectivity index (χ4n) is 3.72. The second-order valence-electron chi connectivity index (χ2n) is 6.83. The van der Waals surface area contributed by atoms with E-state index in [-0.39, 0.29) is 12.8 Å². The maximum absolute atomic E-state index is 13.7. The van der Waals surface area contributed by atoms with E-state index in [9.17, 15) is 13.0 Å². The molecule has 0 aliphatic heterocycles. The molecule has 3 nitrogen and oxygen atoms in total. The van der Waals surface area contributed by atoms with E-state index in [1.54, 1.807) is 0 Å². The van der Waals surface area contributed by atoms with E-state index in [0.717, 1.165) is 12.8 Å². The van der Waals surface area contributed by atoms with E-state index in [1.807, 2.05) is 13.8 Å². The fraction of sp³-hybridized carbons (Fsp3) is 1.00. The Morgan fingerprint density at radius 2 is 1.36 bits per heavy atom. The molecule has 2 aliphatic carbocycles. The molecule has 0 spiro atoms. The van der Waals surface area contributed by atoms with Crippen molar-refractivity contribution in [2.45, 2.75) is 102 Å². The molecule has 0 aromatic carbocycles. The molecule has 0 bridgehead atoms. The third-order valence-electron chi connectivity index (χ3n) is 5.26. The Kier molecular flexibility index (Phi) is 6.37. The van der Waals surface area contributed by atoms with Gasteiger partial charge >= 0.3 is 11.4 Å². The highest BCUT2D eigenvalue weighted by Gasteiger charge is 2.42. The average Bonchev–Trinajstić information content (AvgIpc) is 2.47. The Balaban J connectivity index is 1.98. The maximum atomic E-state index is 13.7. The van der Waals surface area contributed by atoms with Gasteiger partial charge in [-0.3, -0.25) is 8.37 Å². The zero-order valence-electron chi connectivity index (χ0n) is 13.6. The normalized spacial score (nSPS) is 41.3. The Morgan fingerprint density at radius 1 is 0.955 bits per heavy atom. The monoisotopic (exact) mass is 338 g/mol. The van der Waals surface area contributed by atoms with Crippen LogP contribution in [-0.4, -0.2) is 27.8 Å². The van der Waals surface area contributed by atoms with Gasteiger partial charge in [0, 0.05) is 12.8 Å². The minimum Gasteiger partial charge on any atom is -0.262 e. The van der Waals surface area contributed by atoms with Crippen molar-refractivity contribution in [1.82, 2.24) is 0 Å². The average molecular weight is 338 g/mol. The summed E-state index contributed by atoms with van der Waals surface area (Å²) in [6.07, 6.45) is 3.88. The molecule has 6 heteroatoms. The molecule has 0 saturated heterocycles. The standard InChI is InChI=1S/C16H28F2O3S/c1-3-15(9-5-7-13(17)11-15)20-22(19)21-16(4-2)10-6-8-14(18)12-16/h13-14H,3-12H2,1-2H3. The van der Waals surface area contributed by atoms with Gasteiger partial charge in [-0.25, -0.2) is 8.78 Å². The molecule has 0 radical (unpaired) electrons. The van der Waals surface area contributed by atoms with Gasteiger partial charge in [0.2, 0.25) is 0 Å². The van der Waals surface area contributed by atoms with Gasteiger partial charge in [0.25, 0.3) is 0 Å². The molecule has 0 amide bonds. The summed E-state index contributed by atoms with van der Waals surface area (Å²) in [5, 5.41) is 0. The molecule has 0 aromatic rings. The molecule has 4 atom stereocenters. The molecule has 2 fully saturated rings. The number of alkyl halides is 2. The molecule has 0 aromatic heterocycles. The summed E-state index contributed by atoms with van der Waals surface area (Å²) in [4.78, 5) is 0. The smallest absolute Gasteiger partial charge is 0.262 e. The summed E-state index contributed by atoms with van der Waals surface area (Å²) in [7, 11) is 0. The van der Waals surface area contributed by atoms with Crippen LogP contribution in [0.3, 0.4) is 0 Å². The molecule has 2 aliphatic rings. The molecule has 0 heterocycles. The van der Waals surface area contributed by atoms with E-state index in [2.05, 4.69) is 0 Å². The summed E-state index contributed by atoms with van der Waals surface area (Å²) in [5.41, 5.74) is -1.41. The minimum absolute atomic E-state index is 0.267. The number of hydrogen-bond acceptors (Lipinski definition) is 3. The molecule has 2 rings (SSSR count). The van der Waals surface area contributed by atoms with E-state index >= 15 is 0 Å². The van der Waals surface area contributed by atoms with Gasteiger partial charge in [-0.05, 0) is 51.4 Å². The zero-order chi connectivity index (χ0) is 16.2. The van der Waals surface area contributed by atoms with Gasteiger partial charge in [-0.2, -0.15) is 4.21 Å². The molecule has 2 saturated carbocycles. The first kappa shape index (κ1) is 18.3. The van der Waals surface area contributed by atoms with Crippen LogP contribution in [0.2, 0.25) is 0 Å². The van der Waals surface area contributed by atoms with Crippen LogP contribution < -0.4 is 0 Å². The van der Waals surface area contributed by atoms with Gasteiger partial charge in [-0.15, -0.1) is 0 Å². The molecular formula is C16H28F2O3S. The van der Waals surface area contributed by atoms with Gasteiger partial charge < -0.3 is 0 Å². The topological polar surface area (TPSA) is 35.5 Å². The highest BCUT2D eigenvalue weighted by molar-refractivity contribution is 7.75. The molecular weight excluding hydrogens is 310 g/mol. The quantitative estimate of drug-likeness (QED) is 0.703. The van der Waals surface area contributed by atoms with Crippen molar-refractivity contribution in [1.29, 1.82) is 0 Å². The summed E-state index contributed by atoms with van der Waals surface area (Å²) in [6.45, 7) is 3.84. The van der Waals surface area contributed by atoms with Gasteiger partial charge in [0.1, 0.15) is 12.3 Å². The molecule has 0 N–H and O–H groups in total. The lowest BCUT2D eigenvalue weighted by Gasteiger charge is -2.39. The number of halogens is 2. The summed E-state index contributed by atoms with van der Waals surface area (Å²) in [6, 6.07) is 0. The van der Waals surface area contributed by atoms with Crippen molar-refractivity contribution in [3.63, 3.8) is 0 Å². The van der Waals surface area contributed by atoms with Gasteiger partial charge in [-0.1, -0.05) is 13.8 Å². The van der Waals surface area contributed by atoms with Crippen molar-refractivity contribution in [2.24, 2.45) is 0 Å². The first-order valence-corrected chi connectivity index (χ1v) is 9.51. The van der Waals surface area contributed by atoms with E-state index in [0.29, 0.717) is 38.5 Å². The summed E-state index contributed by atoms with van der Waals surface area (Å²) < 4.78 is 51.0. The molecule has 22 heavy (non-hydrogen) atoms. The second kappa shape index (κ2) is 7.67. The van der Waals surface area contributed by atoms with E-state index in [4.69, 9.17) is 8.37 Å². The first-order valence-electron chi connectivity index (χ1n) is 8.51. The Hall–Kier alpha value is -0.0700. The van der Waals surface area contributed by atoms with Crippen LogP contribution in [-0.2, 0) is 19.7 Å². The Bertz CT molecular complexity index is 362. The highest BCUT2D eigenvalue weighted by Crippen LogP contribution is 2.40. The van der Waals surface area contributed by atoms with Crippen molar-refractivity contribution < 1.29 is 21.4 Å². The van der Waals surface area contributed by atoms with Crippen LogP contribution in [0.4, 0.5) is 8.78 Å². The summed E-state index contributed by atoms with van der Waals surface area (Å²) >= 11 is -1.96. The zero-order valence-corrected chi connectivity index (χ0v) is 14.4. The highest BCUT2D eigenvalue weighted by atomic mass is 32.2. The van der Waals surface area contributed by atoms with Crippen LogP contribution in [0.1, 0.15) is 78.1 Å². The number of rotatable bonds is 6. The van der Waals surface area contributed by atoms with Crippen molar-refractivity contribution in [3.05, 3.63) is 0 Å². The largest absolute Gasteiger partial charge is 0.305 e. The molecule has 4 unspecified atom stereocenters.